The zero-order valence-electron chi connectivity index (χ0n) is 40.6. The number of hydrogen-bond acceptors (Lipinski definition) is 13. The number of aromatic nitrogens is 3. The number of aryl methyl sites for hydroxylation is 1. The fraction of sp³-hybridized carbons (Fsp3) is 0.519. The maximum atomic E-state index is 17.2. The molecule has 3 aromatic carbocycles. The lowest BCUT2D eigenvalue weighted by Gasteiger charge is -2.45. The Hall–Kier alpha value is -6.04. The predicted molar refractivity (Wildman–Crippen MR) is 265 cm³/mol. The number of phenols is 1. The number of nitrogens with one attached hydrogen (secondary N) is 2. The van der Waals surface area contributed by atoms with Gasteiger partial charge in [-0.2, -0.15) is 9.97 Å². The summed E-state index contributed by atoms with van der Waals surface area (Å²) in [6.45, 7) is 14.3. The largest absolute Gasteiger partial charge is 0.508 e. The average molecular weight is 969 g/mol. The van der Waals surface area contributed by atoms with Crippen LogP contribution in [-0.2, 0) is 22.6 Å². The zero-order chi connectivity index (χ0) is 48.8. The molecule has 15 nitrogen and oxygen atoms in total. The van der Waals surface area contributed by atoms with E-state index in [1.165, 1.54) is 12.1 Å². The quantitative estimate of drug-likeness (QED) is 0.122. The van der Waals surface area contributed by atoms with Gasteiger partial charge < -0.3 is 34.8 Å². The Morgan fingerprint density at radius 2 is 1.61 bits per heavy atom. The highest BCUT2D eigenvalue weighted by molar-refractivity contribution is 6.06. The normalized spacial score (nSPS) is 24.3. The van der Waals surface area contributed by atoms with Crippen molar-refractivity contribution in [1.82, 2.24) is 40.3 Å². The molecule has 12 rings (SSSR count). The highest BCUT2D eigenvalue weighted by Gasteiger charge is 2.47. The molecule has 3 N–H and O–H groups in total. The van der Waals surface area contributed by atoms with Crippen molar-refractivity contribution in [2.45, 2.75) is 96.3 Å². The Morgan fingerprint density at radius 1 is 0.845 bits per heavy atom. The van der Waals surface area contributed by atoms with Crippen LogP contribution in [0.15, 0.2) is 48.7 Å². The third-order valence-corrected chi connectivity index (χ3v) is 16.9. The van der Waals surface area contributed by atoms with Gasteiger partial charge in [-0.1, -0.05) is 19.9 Å². The standard InChI is InChI=1S/C54H62F2N10O5/c1-3-38-42(55)9-4-32-23-37(67)24-40(45(32)38)47-46(56)48-41(25-57-47)49(65-27-34-5-6-35(28-65)58-34)61-52(60-48)71-31-54(12-13-54)30-62-16-14-53(2,15-17-62)29-63-18-20-64(21-19-63)36-7-8-39-33(22-36)26-66(51(39)70)43-10-11-44(68)59-50(43)69/h4,7-9,22-25,34-35,43,58,67H,3,5-6,10-21,26-31H2,1-2H3,(H,59,68,69)/t34?,35?,43-/m1/s1. The van der Waals surface area contributed by atoms with Crippen LogP contribution >= 0.6 is 0 Å². The van der Waals surface area contributed by atoms with Crippen molar-refractivity contribution in [3.05, 3.63) is 77.0 Å². The monoisotopic (exact) mass is 968 g/mol. The summed E-state index contributed by atoms with van der Waals surface area (Å²) in [5, 5.41) is 18.4. The summed E-state index contributed by atoms with van der Waals surface area (Å²) >= 11 is 0. The van der Waals surface area contributed by atoms with Gasteiger partial charge in [0.2, 0.25) is 11.8 Å². The molecule has 3 atom stereocenters. The first-order valence-electron chi connectivity index (χ1n) is 25.7. The van der Waals surface area contributed by atoms with Crippen LogP contribution in [0, 0.1) is 22.5 Å². The van der Waals surface area contributed by atoms with Crippen molar-refractivity contribution in [2.24, 2.45) is 10.8 Å². The molecule has 6 aliphatic heterocycles. The predicted octanol–water partition coefficient (Wildman–Crippen LogP) is 6.18. The lowest BCUT2D eigenvalue weighted by Crippen LogP contribution is -2.52. The van der Waals surface area contributed by atoms with Crippen LogP contribution in [0.4, 0.5) is 20.3 Å². The van der Waals surface area contributed by atoms with Crippen LogP contribution in [-0.4, -0.2) is 143 Å². The van der Waals surface area contributed by atoms with Crippen molar-refractivity contribution >= 4 is 50.9 Å². The summed E-state index contributed by atoms with van der Waals surface area (Å²) in [4.78, 5) is 63.3. The highest BCUT2D eigenvalue weighted by Crippen LogP contribution is 2.48. The first-order chi connectivity index (χ1) is 34.3. The topological polar surface area (TPSA) is 160 Å². The maximum absolute atomic E-state index is 17.2. The van der Waals surface area contributed by atoms with Crippen molar-refractivity contribution in [3.8, 4) is 23.0 Å². The van der Waals surface area contributed by atoms with Crippen molar-refractivity contribution < 1.29 is 33.0 Å². The first-order valence-corrected chi connectivity index (χ1v) is 25.7. The number of halogens is 2. The number of piperidine rings is 2. The van der Waals surface area contributed by atoms with E-state index in [0.29, 0.717) is 76.7 Å². The third-order valence-electron chi connectivity index (χ3n) is 16.9. The minimum absolute atomic E-state index is 0.00915. The number of ether oxygens (including phenoxy) is 1. The van der Waals surface area contributed by atoms with E-state index in [9.17, 15) is 19.5 Å². The molecule has 372 valence electrons. The lowest BCUT2D eigenvalue weighted by atomic mass is 9.79. The minimum atomic E-state index is -0.661. The molecule has 3 amide bonds. The van der Waals surface area contributed by atoms with Gasteiger partial charge in [0.15, 0.2) is 5.82 Å². The fourth-order valence-electron chi connectivity index (χ4n) is 12.6. The van der Waals surface area contributed by atoms with Crippen LogP contribution in [0.2, 0.25) is 0 Å². The van der Waals surface area contributed by atoms with E-state index in [0.717, 1.165) is 115 Å². The number of nitrogens with zero attached hydrogens (tertiary/aromatic N) is 8. The number of imide groups is 1. The van der Waals surface area contributed by atoms with E-state index in [4.69, 9.17) is 14.7 Å². The van der Waals surface area contributed by atoms with Gasteiger partial charge in [0.25, 0.3) is 5.91 Å². The molecule has 7 aliphatic rings. The molecule has 71 heavy (non-hydrogen) atoms. The molecule has 1 aliphatic carbocycles. The Kier molecular flexibility index (Phi) is 11.6. The van der Waals surface area contributed by atoms with Gasteiger partial charge in [-0.05, 0) is 128 Å². The summed E-state index contributed by atoms with van der Waals surface area (Å²) < 4.78 is 39.0. The maximum Gasteiger partial charge on any atom is 0.319 e. The molecule has 2 bridgehead atoms. The summed E-state index contributed by atoms with van der Waals surface area (Å²) in [5.74, 6) is -1.34. The SMILES string of the molecule is CCc1c(F)ccc2cc(O)cc(-c3ncc4c(N5CC6CCC(C5)N6)nc(OCC5(CN6CCC(C)(CN7CCN(c8ccc9c(c8)CN([C@@H]8CCC(=O)NC8=O)C9=O)CC7)CC6)CC5)nc4c3F)c12. The molecule has 0 radical (unpaired) electrons. The molecule has 17 heteroatoms. The Balaban J connectivity index is 0.692. The van der Waals surface area contributed by atoms with Gasteiger partial charge in [-0.15, -0.1) is 0 Å². The van der Waals surface area contributed by atoms with Crippen LogP contribution in [0.25, 0.3) is 32.9 Å². The van der Waals surface area contributed by atoms with Crippen LogP contribution in [0.1, 0.15) is 86.7 Å². The fourth-order valence-corrected chi connectivity index (χ4v) is 12.6. The Bertz CT molecular complexity index is 2960. The molecule has 5 saturated heterocycles. The van der Waals surface area contributed by atoms with E-state index in [2.05, 4.69) is 48.2 Å². The minimum Gasteiger partial charge on any atom is -0.508 e. The molecule has 1 saturated carbocycles. The van der Waals surface area contributed by atoms with Crippen molar-refractivity contribution in [1.29, 1.82) is 0 Å². The number of phenolic OH excluding ortho intramolecular Hbond substituents is 1. The summed E-state index contributed by atoms with van der Waals surface area (Å²) in [6, 6.07) is 12.2. The van der Waals surface area contributed by atoms with Gasteiger partial charge in [-0.3, -0.25) is 29.6 Å². The number of hydrogen-bond donors (Lipinski definition) is 3. The van der Waals surface area contributed by atoms with E-state index in [-0.39, 0.29) is 57.9 Å². The number of rotatable bonds is 12. The molecular weight excluding hydrogens is 907 g/mol. The average Bonchev–Trinajstić information content (AvgIpc) is 3.94. The number of pyridine rings is 1. The number of piperazine rings is 2. The van der Waals surface area contributed by atoms with E-state index < -0.39 is 17.8 Å². The van der Waals surface area contributed by atoms with Crippen LogP contribution in [0.3, 0.4) is 0 Å². The second-order valence-electron chi connectivity index (χ2n) is 21.9. The van der Waals surface area contributed by atoms with Gasteiger partial charge in [-0.25, -0.2) is 8.78 Å². The molecule has 5 aromatic rings. The molecule has 8 heterocycles. The van der Waals surface area contributed by atoms with Gasteiger partial charge in [0.1, 0.15) is 34.6 Å². The van der Waals surface area contributed by atoms with Crippen molar-refractivity contribution in [2.75, 3.05) is 81.9 Å². The Morgan fingerprint density at radius 3 is 2.34 bits per heavy atom. The van der Waals surface area contributed by atoms with Gasteiger partial charge in [0.05, 0.1) is 12.0 Å². The summed E-state index contributed by atoms with van der Waals surface area (Å²) in [5.41, 5.74) is 3.66. The van der Waals surface area contributed by atoms with E-state index >= 15 is 8.78 Å². The molecule has 0 spiro atoms. The number of benzene rings is 3. The van der Waals surface area contributed by atoms with Crippen LogP contribution < -0.4 is 25.2 Å². The van der Waals surface area contributed by atoms with Crippen molar-refractivity contribution in [3.63, 3.8) is 0 Å². The number of aromatic hydroxyl groups is 1. The van der Waals surface area contributed by atoms with E-state index in [1.54, 1.807) is 23.2 Å². The summed E-state index contributed by atoms with van der Waals surface area (Å²) in [6.07, 6.45) is 9.01. The lowest BCUT2D eigenvalue weighted by molar-refractivity contribution is -0.136. The number of carbonyl (C=O) groups excluding carboxylic acids is 3. The Labute approximate surface area is 411 Å². The highest BCUT2D eigenvalue weighted by atomic mass is 19.1. The second kappa shape index (κ2) is 17.9. The number of fused-ring (bicyclic) bond motifs is 5. The molecule has 2 unspecified atom stereocenters. The number of carbonyl (C=O) groups is 3. The zero-order valence-corrected chi connectivity index (χ0v) is 40.6. The van der Waals surface area contributed by atoms with Crippen LogP contribution in [0.5, 0.6) is 11.8 Å². The smallest absolute Gasteiger partial charge is 0.319 e. The molecular formula is C54H62F2N10O5. The number of amides is 3. The number of likely N-dealkylation sites (tertiary alicyclic amines) is 1. The third kappa shape index (κ3) is 8.70. The second-order valence-corrected chi connectivity index (χ2v) is 21.9. The number of anilines is 2. The summed E-state index contributed by atoms with van der Waals surface area (Å²) in [7, 11) is 0. The van der Waals surface area contributed by atoms with E-state index in [1.807, 2.05) is 19.1 Å². The first kappa shape index (κ1) is 46.1. The molecule has 2 aromatic heterocycles. The molecule has 6 fully saturated rings. The van der Waals surface area contributed by atoms with Gasteiger partial charge >= 0.3 is 6.01 Å². The van der Waals surface area contributed by atoms with Gasteiger partial charge in [0, 0.05) is 106 Å².